The van der Waals surface area contributed by atoms with E-state index in [-0.39, 0.29) is 10.9 Å². The molecule has 0 radical (unpaired) electrons. The number of aliphatic hydroxyl groups is 1. The Balaban J connectivity index is 2.63. The first-order chi connectivity index (χ1) is 9.74. The fraction of sp³-hybridized carbons (Fsp3) is 0.600. The Morgan fingerprint density at radius 1 is 1.29 bits per heavy atom. The fourth-order valence-corrected chi connectivity index (χ4v) is 3.71. The highest BCUT2D eigenvalue weighted by molar-refractivity contribution is 7.89. The van der Waals surface area contributed by atoms with Gasteiger partial charge in [0, 0.05) is 11.1 Å². The molecule has 0 aliphatic carbocycles. The highest BCUT2D eigenvalue weighted by Crippen LogP contribution is 2.17. The van der Waals surface area contributed by atoms with E-state index in [1.807, 2.05) is 0 Å². The molecule has 1 aromatic carbocycles. The van der Waals surface area contributed by atoms with Gasteiger partial charge in [0.15, 0.2) is 0 Å². The van der Waals surface area contributed by atoms with Gasteiger partial charge in [0.05, 0.1) is 11.0 Å². The third kappa shape index (κ3) is 6.34. The second kappa shape index (κ2) is 8.13. The second-order valence-electron chi connectivity index (χ2n) is 5.62. The van der Waals surface area contributed by atoms with E-state index in [1.165, 1.54) is 12.1 Å². The zero-order chi connectivity index (χ0) is 16.0. The lowest BCUT2D eigenvalue weighted by Gasteiger charge is -2.20. The number of rotatable bonds is 8. The van der Waals surface area contributed by atoms with Crippen molar-refractivity contribution < 1.29 is 13.5 Å². The summed E-state index contributed by atoms with van der Waals surface area (Å²) in [6, 6.07) is 5.79. The molecular formula is C15H24ClNO3S. The Kier molecular flexibility index (Phi) is 7.13. The molecule has 0 saturated heterocycles. The van der Waals surface area contributed by atoms with Gasteiger partial charge < -0.3 is 5.11 Å². The van der Waals surface area contributed by atoms with E-state index in [0.29, 0.717) is 23.8 Å². The molecule has 120 valence electrons. The SMILES string of the molecule is CC[C@H](C)CC(O)CC(C)NS(=O)(=O)c1cccc(Cl)c1. The van der Waals surface area contributed by atoms with E-state index in [4.69, 9.17) is 11.6 Å². The summed E-state index contributed by atoms with van der Waals surface area (Å²) in [6.45, 7) is 5.90. The van der Waals surface area contributed by atoms with Gasteiger partial charge in [-0.3, -0.25) is 0 Å². The number of hydrogen-bond acceptors (Lipinski definition) is 3. The molecule has 0 amide bonds. The minimum Gasteiger partial charge on any atom is -0.393 e. The molecule has 21 heavy (non-hydrogen) atoms. The molecule has 1 rings (SSSR count). The number of nitrogens with one attached hydrogen (secondary N) is 1. The van der Waals surface area contributed by atoms with E-state index < -0.39 is 16.1 Å². The van der Waals surface area contributed by atoms with E-state index in [2.05, 4.69) is 18.6 Å². The maximum atomic E-state index is 12.2. The molecule has 3 atom stereocenters. The summed E-state index contributed by atoms with van der Waals surface area (Å²) in [5, 5.41) is 10.4. The average Bonchev–Trinajstić information content (AvgIpc) is 2.37. The Labute approximate surface area is 132 Å². The van der Waals surface area contributed by atoms with Crippen molar-refractivity contribution in [3.05, 3.63) is 29.3 Å². The minimum absolute atomic E-state index is 0.137. The summed E-state index contributed by atoms with van der Waals surface area (Å²) in [5.74, 6) is 0.428. The van der Waals surface area contributed by atoms with Crippen molar-refractivity contribution in [2.75, 3.05) is 0 Å². The van der Waals surface area contributed by atoms with Gasteiger partial charge in [-0.25, -0.2) is 13.1 Å². The van der Waals surface area contributed by atoms with E-state index >= 15 is 0 Å². The highest BCUT2D eigenvalue weighted by atomic mass is 35.5. The van der Waals surface area contributed by atoms with Crippen molar-refractivity contribution in [2.45, 2.75) is 57.1 Å². The molecule has 0 heterocycles. The predicted octanol–water partition coefficient (Wildman–Crippen LogP) is 3.19. The molecule has 0 aliphatic rings. The van der Waals surface area contributed by atoms with Gasteiger partial charge in [0.2, 0.25) is 10.0 Å². The monoisotopic (exact) mass is 333 g/mol. The van der Waals surface area contributed by atoms with Crippen molar-refractivity contribution in [3.63, 3.8) is 0 Å². The van der Waals surface area contributed by atoms with Crippen molar-refractivity contribution in [2.24, 2.45) is 5.92 Å². The highest BCUT2D eigenvalue weighted by Gasteiger charge is 2.20. The van der Waals surface area contributed by atoms with Crippen LogP contribution in [0.2, 0.25) is 5.02 Å². The first-order valence-corrected chi connectivity index (χ1v) is 9.06. The molecule has 2 unspecified atom stereocenters. The van der Waals surface area contributed by atoms with Gasteiger partial charge in [-0.2, -0.15) is 0 Å². The predicted molar refractivity (Wildman–Crippen MR) is 85.9 cm³/mol. The number of sulfonamides is 1. The van der Waals surface area contributed by atoms with Gasteiger partial charge in [0.25, 0.3) is 0 Å². The Morgan fingerprint density at radius 3 is 2.52 bits per heavy atom. The molecule has 0 aromatic heterocycles. The van der Waals surface area contributed by atoms with Crippen LogP contribution in [0, 0.1) is 5.92 Å². The molecular weight excluding hydrogens is 310 g/mol. The van der Waals surface area contributed by atoms with E-state index in [1.54, 1.807) is 19.1 Å². The van der Waals surface area contributed by atoms with E-state index in [0.717, 1.165) is 6.42 Å². The molecule has 1 aromatic rings. The number of halogens is 1. The Bertz CT molecular complexity index is 548. The molecule has 0 saturated carbocycles. The lowest BCUT2D eigenvalue weighted by Crippen LogP contribution is -2.35. The van der Waals surface area contributed by atoms with Crippen LogP contribution in [-0.2, 0) is 10.0 Å². The van der Waals surface area contributed by atoms with Crippen molar-refractivity contribution in [3.8, 4) is 0 Å². The molecule has 0 bridgehead atoms. The van der Waals surface area contributed by atoms with Crippen molar-refractivity contribution in [1.82, 2.24) is 4.72 Å². The number of aliphatic hydroxyl groups excluding tert-OH is 1. The normalized spacial score (nSPS) is 16.4. The van der Waals surface area contributed by atoms with Crippen LogP contribution >= 0.6 is 11.6 Å². The zero-order valence-electron chi connectivity index (χ0n) is 12.7. The summed E-state index contributed by atoms with van der Waals surface area (Å²) in [7, 11) is -3.61. The number of benzene rings is 1. The van der Waals surface area contributed by atoms with Crippen LogP contribution in [0.1, 0.15) is 40.0 Å². The van der Waals surface area contributed by atoms with Crippen LogP contribution in [0.25, 0.3) is 0 Å². The van der Waals surface area contributed by atoms with Crippen LogP contribution in [0.15, 0.2) is 29.2 Å². The van der Waals surface area contributed by atoms with Gasteiger partial charge in [-0.1, -0.05) is 37.9 Å². The minimum atomic E-state index is -3.61. The van der Waals surface area contributed by atoms with Crippen LogP contribution in [0.4, 0.5) is 0 Å². The van der Waals surface area contributed by atoms with Crippen LogP contribution in [0.3, 0.4) is 0 Å². The maximum absolute atomic E-state index is 12.2. The largest absolute Gasteiger partial charge is 0.393 e. The second-order valence-corrected chi connectivity index (χ2v) is 7.77. The first kappa shape index (κ1) is 18.4. The smallest absolute Gasteiger partial charge is 0.240 e. The lowest BCUT2D eigenvalue weighted by molar-refractivity contribution is 0.127. The summed E-state index contributed by atoms with van der Waals surface area (Å²) >= 11 is 5.81. The summed E-state index contributed by atoms with van der Waals surface area (Å²) in [6.07, 6.45) is 1.57. The summed E-state index contributed by atoms with van der Waals surface area (Å²) < 4.78 is 27.0. The first-order valence-electron chi connectivity index (χ1n) is 7.20. The molecule has 0 fully saturated rings. The van der Waals surface area contributed by atoms with Gasteiger partial charge in [-0.15, -0.1) is 0 Å². The zero-order valence-corrected chi connectivity index (χ0v) is 14.3. The number of hydrogen-bond donors (Lipinski definition) is 2. The third-order valence-corrected chi connectivity index (χ3v) is 5.28. The molecule has 2 N–H and O–H groups in total. The van der Waals surface area contributed by atoms with Crippen LogP contribution < -0.4 is 4.72 Å². The standard InChI is InChI=1S/C15H24ClNO3S/c1-4-11(2)8-14(18)9-12(3)17-21(19,20)15-7-5-6-13(16)10-15/h5-7,10-12,14,17-18H,4,8-9H2,1-3H3/t11-,12?,14?/m0/s1. The average molecular weight is 334 g/mol. The molecule has 6 heteroatoms. The Hall–Kier alpha value is -0.620. The lowest BCUT2D eigenvalue weighted by atomic mass is 9.98. The van der Waals surface area contributed by atoms with Crippen molar-refractivity contribution in [1.29, 1.82) is 0 Å². The van der Waals surface area contributed by atoms with Crippen molar-refractivity contribution >= 4 is 21.6 Å². The van der Waals surface area contributed by atoms with Gasteiger partial charge >= 0.3 is 0 Å². The maximum Gasteiger partial charge on any atom is 0.240 e. The van der Waals surface area contributed by atoms with Crippen LogP contribution in [-0.4, -0.2) is 25.7 Å². The quantitative estimate of drug-likeness (QED) is 0.767. The molecule has 0 aliphatic heterocycles. The molecule has 0 spiro atoms. The fourth-order valence-electron chi connectivity index (χ4n) is 2.15. The molecule has 4 nitrogen and oxygen atoms in total. The topological polar surface area (TPSA) is 66.4 Å². The summed E-state index contributed by atoms with van der Waals surface area (Å²) in [5.41, 5.74) is 0. The third-order valence-electron chi connectivity index (χ3n) is 3.46. The van der Waals surface area contributed by atoms with E-state index in [9.17, 15) is 13.5 Å². The van der Waals surface area contributed by atoms with Gasteiger partial charge in [-0.05, 0) is 43.9 Å². The van der Waals surface area contributed by atoms with Gasteiger partial charge in [0.1, 0.15) is 0 Å². The summed E-state index contributed by atoms with van der Waals surface area (Å²) in [4.78, 5) is 0.137. The van der Waals surface area contributed by atoms with Crippen LogP contribution in [0.5, 0.6) is 0 Å². The Morgan fingerprint density at radius 2 is 1.95 bits per heavy atom.